The number of carbonyl (C=O) groups excluding carboxylic acids is 1. The number of aliphatic hydroxyl groups is 1. The first kappa shape index (κ1) is 25.5. The van der Waals surface area contributed by atoms with E-state index in [1.54, 1.807) is 0 Å². The van der Waals surface area contributed by atoms with Crippen LogP contribution in [0.2, 0.25) is 0 Å². The molecule has 0 aliphatic rings. The maximum atomic E-state index is 11.3. The molecule has 2 unspecified atom stereocenters. The molecule has 6 heteroatoms. The quantitative estimate of drug-likeness (QED) is 0.298. The first-order valence-corrected chi connectivity index (χ1v) is 10.7. The Morgan fingerprint density at radius 1 is 1.04 bits per heavy atom. The van der Waals surface area contributed by atoms with E-state index in [1.165, 1.54) is 7.11 Å². The van der Waals surface area contributed by atoms with Gasteiger partial charge in [0.1, 0.15) is 0 Å². The molecule has 2 N–H and O–H groups in total. The molecule has 0 spiro atoms. The minimum Gasteiger partial charge on any atom is -0.389 e. The number of unbranched alkanes of at least 4 members (excludes halogenated alkanes) is 2. The predicted octanol–water partition coefficient (Wildman–Crippen LogP) is 4.44. The molecular weight excluding hydrogens is 362 g/mol. The summed E-state index contributed by atoms with van der Waals surface area (Å²) in [7, 11) is 1.28. The van der Waals surface area contributed by atoms with E-state index < -0.39 is 11.3 Å². The molecular formula is C21H35NO4S. The molecule has 0 aromatic heterocycles. The van der Waals surface area contributed by atoms with Crippen molar-refractivity contribution in [2.75, 3.05) is 7.11 Å². The van der Waals surface area contributed by atoms with E-state index in [9.17, 15) is 14.1 Å². The van der Waals surface area contributed by atoms with Gasteiger partial charge in [0.15, 0.2) is 0 Å². The van der Waals surface area contributed by atoms with E-state index in [0.29, 0.717) is 6.42 Å². The second kappa shape index (κ2) is 19.3. The van der Waals surface area contributed by atoms with E-state index in [0.717, 1.165) is 51.4 Å². The van der Waals surface area contributed by atoms with Crippen molar-refractivity contribution in [3.8, 4) is 0 Å². The first-order chi connectivity index (χ1) is 13.1. The van der Waals surface area contributed by atoms with Crippen molar-refractivity contribution in [2.24, 2.45) is 0 Å². The molecule has 0 rings (SSSR count). The lowest BCUT2D eigenvalue weighted by atomic mass is 10.1. The predicted molar refractivity (Wildman–Crippen MR) is 113 cm³/mol. The highest BCUT2D eigenvalue weighted by molar-refractivity contribution is 7.78. The van der Waals surface area contributed by atoms with Crippen LogP contribution in [0, 0.1) is 0 Å². The normalized spacial score (nSPS) is 14.6. The maximum Gasteiger partial charge on any atom is 0.263 e. The molecule has 0 radical (unpaired) electrons. The summed E-state index contributed by atoms with van der Waals surface area (Å²) in [5.41, 5.74) is 0. The van der Waals surface area contributed by atoms with Crippen LogP contribution in [0.4, 0.5) is 0 Å². The fraction of sp³-hybridized carbons (Fsp3) is 0.571. The lowest BCUT2D eigenvalue weighted by Crippen LogP contribution is -2.25. The Bertz CT molecular complexity index is 512. The summed E-state index contributed by atoms with van der Waals surface area (Å²) in [5.74, 6) is -0.263. The summed E-state index contributed by atoms with van der Waals surface area (Å²) in [4.78, 5) is 11.3. The van der Waals surface area contributed by atoms with Gasteiger partial charge in [-0.15, -0.1) is 0 Å². The van der Waals surface area contributed by atoms with Crippen LogP contribution >= 0.6 is 0 Å². The Balaban J connectivity index is 3.61. The number of hydrogen-bond donors (Lipinski definition) is 2. The van der Waals surface area contributed by atoms with Gasteiger partial charge in [0.25, 0.3) is 11.3 Å². The van der Waals surface area contributed by atoms with E-state index in [1.807, 2.05) is 12.2 Å². The van der Waals surface area contributed by atoms with Gasteiger partial charge in [0.05, 0.1) is 13.2 Å². The van der Waals surface area contributed by atoms with Crippen molar-refractivity contribution in [3.05, 3.63) is 48.6 Å². The van der Waals surface area contributed by atoms with Crippen molar-refractivity contribution in [3.63, 3.8) is 0 Å². The van der Waals surface area contributed by atoms with Gasteiger partial charge in [-0.2, -0.15) is 0 Å². The molecule has 0 saturated carbocycles. The van der Waals surface area contributed by atoms with Crippen molar-refractivity contribution < 1.29 is 18.3 Å². The van der Waals surface area contributed by atoms with Gasteiger partial charge >= 0.3 is 0 Å². The summed E-state index contributed by atoms with van der Waals surface area (Å²) in [6.07, 6.45) is 23.7. The zero-order valence-electron chi connectivity index (χ0n) is 16.6. The molecule has 27 heavy (non-hydrogen) atoms. The second-order valence-corrected chi connectivity index (χ2v) is 7.08. The Labute approximate surface area is 167 Å². The Hall–Kier alpha value is -1.50. The standard InChI is InChI=1S/C21H35NO4S/c1-3-4-17-20(23)18-15-13-11-9-7-5-6-8-10-12-14-16-19-21(24)22-27(25)26-2/h5-6,9-12,15,18,20,23H,3-4,7-8,13-14,16-17,19H2,1-2H3,(H,22,24)/b6-5+,11-9+,12-10+,18-15+. The summed E-state index contributed by atoms with van der Waals surface area (Å²) in [6.45, 7) is 2.12. The number of nitrogens with one attached hydrogen (secondary N) is 1. The van der Waals surface area contributed by atoms with Gasteiger partial charge in [-0.1, -0.05) is 68.4 Å². The molecule has 0 fully saturated rings. The second-order valence-electron chi connectivity index (χ2n) is 6.08. The third-order valence-corrected chi connectivity index (χ3v) is 4.35. The summed E-state index contributed by atoms with van der Waals surface area (Å²) < 4.78 is 17.6. The number of amides is 1. The minimum atomic E-state index is -1.72. The number of carbonyl (C=O) groups is 1. The van der Waals surface area contributed by atoms with Crippen LogP contribution in [0.15, 0.2) is 48.6 Å². The fourth-order valence-electron chi connectivity index (χ4n) is 2.15. The van der Waals surface area contributed by atoms with Crippen LogP contribution < -0.4 is 4.72 Å². The molecule has 1 amide bonds. The van der Waals surface area contributed by atoms with Crippen molar-refractivity contribution in [1.29, 1.82) is 0 Å². The molecule has 2 atom stereocenters. The highest BCUT2D eigenvalue weighted by atomic mass is 32.2. The van der Waals surface area contributed by atoms with Crippen LogP contribution in [0.3, 0.4) is 0 Å². The van der Waals surface area contributed by atoms with E-state index >= 15 is 0 Å². The first-order valence-electron chi connectivity index (χ1n) is 9.65. The third kappa shape index (κ3) is 19.1. The molecule has 0 aliphatic carbocycles. The maximum absolute atomic E-state index is 11.3. The molecule has 0 aromatic rings. The highest BCUT2D eigenvalue weighted by Crippen LogP contribution is 2.02. The number of rotatable bonds is 16. The molecule has 154 valence electrons. The average Bonchev–Trinajstić information content (AvgIpc) is 2.66. The largest absolute Gasteiger partial charge is 0.389 e. The molecule has 0 heterocycles. The number of hydrogen-bond acceptors (Lipinski definition) is 4. The monoisotopic (exact) mass is 397 g/mol. The van der Waals surface area contributed by atoms with Crippen LogP contribution in [-0.2, 0) is 20.2 Å². The fourth-order valence-corrected chi connectivity index (χ4v) is 2.52. The molecule has 0 aromatic carbocycles. The number of allylic oxidation sites excluding steroid dienone is 7. The zero-order chi connectivity index (χ0) is 20.2. The lowest BCUT2D eigenvalue weighted by molar-refractivity contribution is -0.119. The van der Waals surface area contributed by atoms with Crippen LogP contribution in [-0.4, -0.2) is 28.4 Å². The van der Waals surface area contributed by atoms with Crippen LogP contribution in [0.5, 0.6) is 0 Å². The molecule has 0 saturated heterocycles. The topological polar surface area (TPSA) is 75.6 Å². The Kier molecular flexibility index (Phi) is 18.2. The SMILES string of the molecule is CCCCC(O)/C=C/C/C=C/C/C=C/C/C=C/CCCC(=O)NS(=O)OC. The smallest absolute Gasteiger partial charge is 0.263 e. The summed E-state index contributed by atoms with van der Waals surface area (Å²) in [5, 5.41) is 9.66. The molecule has 0 bridgehead atoms. The van der Waals surface area contributed by atoms with Gasteiger partial charge < -0.3 is 5.11 Å². The average molecular weight is 398 g/mol. The summed E-state index contributed by atoms with van der Waals surface area (Å²) in [6, 6.07) is 0. The van der Waals surface area contributed by atoms with Crippen LogP contribution in [0.25, 0.3) is 0 Å². The van der Waals surface area contributed by atoms with Gasteiger partial charge in [-0.25, -0.2) is 4.21 Å². The lowest BCUT2D eigenvalue weighted by Gasteiger charge is -2.02. The molecule has 0 aliphatic heterocycles. The number of aliphatic hydroxyl groups excluding tert-OH is 1. The summed E-state index contributed by atoms with van der Waals surface area (Å²) >= 11 is -1.72. The van der Waals surface area contributed by atoms with Crippen molar-refractivity contribution in [1.82, 2.24) is 4.72 Å². The third-order valence-electron chi connectivity index (χ3n) is 3.65. The van der Waals surface area contributed by atoms with E-state index in [-0.39, 0.29) is 12.0 Å². The Morgan fingerprint density at radius 3 is 2.22 bits per heavy atom. The zero-order valence-corrected chi connectivity index (χ0v) is 17.5. The van der Waals surface area contributed by atoms with Crippen molar-refractivity contribution in [2.45, 2.75) is 70.8 Å². The highest BCUT2D eigenvalue weighted by Gasteiger charge is 2.03. The molecule has 5 nitrogen and oxygen atoms in total. The van der Waals surface area contributed by atoms with Gasteiger partial charge in [-0.05, 0) is 38.5 Å². The Morgan fingerprint density at radius 2 is 1.63 bits per heavy atom. The van der Waals surface area contributed by atoms with Crippen molar-refractivity contribution >= 4 is 17.2 Å². The minimum absolute atomic E-state index is 0.263. The van der Waals surface area contributed by atoms with Gasteiger partial charge in [-0.3, -0.25) is 13.7 Å². The van der Waals surface area contributed by atoms with Gasteiger partial charge in [0, 0.05) is 6.42 Å². The van der Waals surface area contributed by atoms with E-state index in [4.69, 9.17) is 0 Å². The van der Waals surface area contributed by atoms with Crippen LogP contribution in [0.1, 0.15) is 64.7 Å². The van der Waals surface area contributed by atoms with Gasteiger partial charge in [0.2, 0.25) is 5.91 Å². The van der Waals surface area contributed by atoms with E-state index in [2.05, 4.69) is 52.3 Å².